The minimum atomic E-state index is -0.741. The number of imide groups is 1. The number of benzene rings is 2. The normalized spacial score (nSPS) is 24.1. The molecule has 1 N–H and O–H groups in total. The number of carbonyl (C=O) groups is 4. The maximum Gasteiger partial charge on any atom is 0.338 e. The number of rotatable bonds is 5. The molecule has 0 aromatic heterocycles. The second-order valence-electron chi connectivity index (χ2n) is 8.70. The Kier molecular flexibility index (Phi) is 6.96. The van der Waals surface area contributed by atoms with Gasteiger partial charge in [0, 0.05) is 5.69 Å². The first-order valence-corrected chi connectivity index (χ1v) is 11.8. The van der Waals surface area contributed by atoms with Crippen LogP contribution in [0, 0.1) is 25.7 Å². The van der Waals surface area contributed by atoms with Crippen LogP contribution >= 0.6 is 23.2 Å². The van der Waals surface area contributed by atoms with Crippen molar-refractivity contribution < 1.29 is 23.9 Å². The Bertz CT molecular complexity index is 1140. The summed E-state index contributed by atoms with van der Waals surface area (Å²) in [5.41, 5.74) is 3.13. The van der Waals surface area contributed by atoms with Crippen LogP contribution in [-0.4, -0.2) is 41.1 Å². The number of halogens is 2. The molecule has 1 saturated carbocycles. The Morgan fingerprint density at radius 3 is 2.24 bits per heavy atom. The number of carbonyl (C=O) groups excluding carboxylic acids is 4. The number of hydrogen-bond donors (Lipinski definition) is 1. The van der Waals surface area contributed by atoms with Crippen molar-refractivity contribution in [3.05, 3.63) is 59.2 Å². The molecule has 178 valence electrons. The summed E-state index contributed by atoms with van der Waals surface area (Å²) in [5, 5.41) is 1.93. The highest BCUT2D eigenvalue weighted by Crippen LogP contribution is 2.43. The van der Waals surface area contributed by atoms with Crippen molar-refractivity contribution in [2.24, 2.45) is 11.8 Å². The highest BCUT2D eigenvalue weighted by molar-refractivity contribution is 6.31. The molecular weight excluding hydrogens is 479 g/mol. The Morgan fingerprint density at radius 2 is 1.62 bits per heavy atom. The number of fused-ring (bicyclic) bond motifs is 1. The number of aryl methyl sites for hydroxylation is 2. The Labute approximate surface area is 207 Å². The Balaban J connectivity index is 1.41. The molecular formula is C25H24Cl2N2O5. The highest BCUT2D eigenvalue weighted by atomic mass is 35.5. The van der Waals surface area contributed by atoms with Crippen molar-refractivity contribution in [2.45, 2.75) is 37.4 Å². The number of nitrogens with one attached hydrogen (secondary N) is 1. The molecule has 2 aliphatic rings. The van der Waals surface area contributed by atoms with Gasteiger partial charge in [0.1, 0.15) is 0 Å². The molecule has 0 spiro atoms. The van der Waals surface area contributed by atoms with E-state index in [4.69, 9.17) is 27.9 Å². The molecule has 0 unspecified atom stereocenters. The summed E-state index contributed by atoms with van der Waals surface area (Å²) >= 11 is 12.5. The van der Waals surface area contributed by atoms with Crippen LogP contribution in [-0.2, 0) is 19.1 Å². The molecule has 1 heterocycles. The van der Waals surface area contributed by atoms with Gasteiger partial charge < -0.3 is 10.1 Å². The van der Waals surface area contributed by atoms with E-state index in [1.807, 2.05) is 26.0 Å². The molecule has 1 saturated heterocycles. The number of hydrogen-bond acceptors (Lipinski definition) is 5. The lowest BCUT2D eigenvalue weighted by molar-refractivity contribution is -0.122. The SMILES string of the molecule is Cc1ccc(NC(=O)COC(=O)c2cccc(N3C(=O)[C@@H]4C[C@H](Cl)[C@@H](Cl)C[C@H]4C3=O)c2)cc1C. The summed E-state index contributed by atoms with van der Waals surface area (Å²) in [6, 6.07) is 11.5. The molecule has 9 heteroatoms. The maximum atomic E-state index is 13.0. The van der Waals surface area contributed by atoms with E-state index in [9.17, 15) is 19.2 Å². The average molecular weight is 503 g/mol. The van der Waals surface area contributed by atoms with Gasteiger partial charge in [-0.25, -0.2) is 4.79 Å². The van der Waals surface area contributed by atoms with Crippen LogP contribution in [0.2, 0.25) is 0 Å². The Morgan fingerprint density at radius 1 is 0.971 bits per heavy atom. The molecule has 1 aliphatic heterocycles. The van der Waals surface area contributed by atoms with Gasteiger partial charge >= 0.3 is 5.97 Å². The maximum absolute atomic E-state index is 13.0. The highest BCUT2D eigenvalue weighted by Gasteiger charge is 2.52. The molecule has 0 radical (unpaired) electrons. The lowest BCUT2D eigenvalue weighted by Gasteiger charge is -2.28. The number of ether oxygens (including phenoxy) is 1. The van der Waals surface area contributed by atoms with Crippen LogP contribution in [0.25, 0.3) is 0 Å². The van der Waals surface area contributed by atoms with Gasteiger partial charge in [0.2, 0.25) is 11.8 Å². The summed E-state index contributed by atoms with van der Waals surface area (Å²) in [5.74, 6) is -2.95. The fourth-order valence-electron chi connectivity index (χ4n) is 4.35. The first-order chi connectivity index (χ1) is 16.2. The van der Waals surface area contributed by atoms with Crippen LogP contribution in [0.15, 0.2) is 42.5 Å². The summed E-state index contributed by atoms with van der Waals surface area (Å²) in [7, 11) is 0. The molecule has 7 nitrogen and oxygen atoms in total. The van der Waals surface area contributed by atoms with Gasteiger partial charge in [-0.05, 0) is 68.1 Å². The van der Waals surface area contributed by atoms with E-state index in [1.54, 1.807) is 18.2 Å². The second kappa shape index (κ2) is 9.76. The summed E-state index contributed by atoms with van der Waals surface area (Å²) in [4.78, 5) is 51.7. The largest absolute Gasteiger partial charge is 0.452 e. The number of alkyl halides is 2. The van der Waals surface area contributed by atoms with Crippen LogP contribution in [0.3, 0.4) is 0 Å². The van der Waals surface area contributed by atoms with E-state index >= 15 is 0 Å². The summed E-state index contributed by atoms with van der Waals surface area (Å²) in [6.07, 6.45) is 0.664. The van der Waals surface area contributed by atoms with E-state index in [2.05, 4.69) is 5.32 Å². The van der Waals surface area contributed by atoms with E-state index in [-0.39, 0.29) is 33.8 Å². The fourth-order valence-corrected chi connectivity index (χ4v) is 4.94. The zero-order valence-electron chi connectivity index (χ0n) is 18.7. The molecule has 2 fully saturated rings. The third-order valence-corrected chi connectivity index (χ3v) is 7.47. The van der Waals surface area contributed by atoms with Crippen molar-refractivity contribution in [1.82, 2.24) is 0 Å². The minimum Gasteiger partial charge on any atom is -0.452 e. The number of amides is 3. The van der Waals surface area contributed by atoms with Gasteiger partial charge in [-0.1, -0.05) is 12.1 Å². The van der Waals surface area contributed by atoms with E-state index in [1.165, 1.54) is 12.1 Å². The quantitative estimate of drug-likeness (QED) is 0.375. The van der Waals surface area contributed by atoms with Gasteiger partial charge in [0.25, 0.3) is 5.91 Å². The van der Waals surface area contributed by atoms with E-state index < -0.39 is 30.3 Å². The molecule has 2 aromatic rings. The monoisotopic (exact) mass is 502 g/mol. The number of anilines is 2. The zero-order chi connectivity index (χ0) is 24.6. The lowest BCUT2D eigenvalue weighted by atomic mass is 9.80. The molecule has 4 rings (SSSR count). The third kappa shape index (κ3) is 4.81. The molecule has 4 atom stereocenters. The first-order valence-electron chi connectivity index (χ1n) is 11.0. The second-order valence-corrected chi connectivity index (χ2v) is 9.82. The first kappa shape index (κ1) is 24.2. The average Bonchev–Trinajstić information content (AvgIpc) is 3.04. The molecule has 0 bridgehead atoms. The summed E-state index contributed by atoms with van der Waals surface area (Å²) < 4.78 is 5.14. The van der Waals surface area contributed by atoms with Gasteiger partial charge in [0.05, 0.1) is 33.8 Å². The van der Waals surface area contributed by atoms with E-state index in [0.717, 1.165) is 16.0 Å². The number of nitrogens with zero attached hydrogens (tertiary/aromatic N) is 1. The van der Waals surface area contributed by atoms with Gasteiger partial charge in [0.15, 0.2) is 6.61 Å². The smallest absolute Gasteiger partial charge is 0.338 e. The number of esters is 1. The van der Waals surface area contributed by atoms with Gasteiger partial charge in [-0.15, -0.1) is 23.2 Å². The Hall–Kier alpha value is -2.90. The van der Waals surface area contributed by atoms with Crippen molar-refractivity contribution in [3.8, 4) is 0 Å². The zero-order valence-corrected chi connectivity index (χ0v) is 20.2. The van der Waals surface area contributed by atoms with Gasteiger partial charge in [-0.2, -0.15) is 0 Å². The summed E-state index contributed by atoms with van der Waals surface area (Å²) in [6.45, 7) is 3.43. The predicted octanol–water partition coefficient (Wildman–Crippen LogP) is 4.21. The van der Waals surface area contributed by atoms with E-state index in [0.29, 0.717) is 18.5 Å². The van der Waals surface area contributed by atoms with Crippen molar-refractivity contribution >= 4 is 58.3 Å². The van der Waals surface area contributed by atoms with Crippen LogP contribution in [0.4, 0.5) is 11.4 Å². The van der Waals surface area contributed by atoms with Gasteiger partial charge in [-0.3, -0.25) is 19.3 Å². The van der Waals surface area contributed by atoms with Crippen molar-refractivity contribution in [1.29, 1.82) is 0 Å². The van der Waals surface area contributed by atoms with Crippen LogP contribution in [0.1, 0.15) is 34.3 Å². The fraction of sp³-hybridized carbons (Fsp3) is 0.360. The molecule has 2 aromatic carbocycles. The molecule has 34 heavy (non-hydrogen) atoms. The minimum absolute atomic E-state index is 0.123. The topological polar surface area (TPSA) is 92.8 Å². The molecule has 3 amide bonds. The van der Waals surface area contributed by atoms with Crippen LogP contribution < -0.4 is 10.2 Å². The van der Waals surface area contributed by atoms with Crippen molar-refractivity contribution in [2.75, 3.05) is 16.8 Å². The van der Waals surface area contributed by atoms with Crippen LogP contribution in [0.5, 0.6) is 0 Å². The van der Waals surface area contributed by atoms with Crippen molar-refractivity contribution in [3.63, 3.8) is 0 Å². The predicted molar refractivity (Wildman–Crippen MR) is 129 cm³/mol. The molecule has 1 aliphatic carbocycles. The lowest BCUT2D eigenvalue weighted by Crippen LogP contribution is -2.34. The third-order valence-electron chi connectivity index (χ3n) is 6.38. The standard InChI is InChI=1S/C25H24Cl2N2O5/c1-13-6-7-16(8-14(13)2)28-22(30)12-34-25(33)15-4-3-5-17(9-15)29-23(31)18-10-20(26)21(27)11-19(18)24(29)32/h3-9,18-21H,10-12H2,1-2H3,(H,28,30)/t18-,19-,20+,21+/m1/s1.